The number of hydrogen-bond donors (Lipinski definition) is 1. The van der Waals surface area contributed by atoms with Crippen molar-refractivity contribution in [1.29, 1.82) is 0 Å². The Bertz CT molecular complexity index is 284. The zero-order valence-electron chi connectivity index (χ0n) is 10.1. The van der Waals surface area contributed by atoms with E-state index in [1.165, 1.54) is 0 Å². The molecule has 0 unspecified atom stereocenters. The van der Waals surface area contributed by atoms with Crippen LogP contribution in [0, 0.1) is 5.41 Å². The van der Waals surface area contributed by atoms with Crippen LogP contribution in [0.3, 0.4) is 0 Å². The van der Waals surface area contributed by atoms with Gasteiger partial charge in [0, 0.05) is 12.7 Å². The van der Waals surface area contributed by atoms with Crippen molar-refractivity contribution >= 4 is 5.69 Å². The monoisotopic (exact) mass is 207 g/mol. The number of anilines is 1. The first-order chi connectivity index (χ1) is 7.01. The SMILES string of the molecule is CNc1ccc(OCCC(C)(C)C)cc1. The van der Waals surface area contributed by atoms with Crippen LogP contribution in [0.2, 0.25) is 0 Å². The minimum Gasteiger partial charge on any atom is -0.494 e. The third kappa shape index (κ3) is 4.73. The fraction of sp³-hybridized carbons (Fsp3) is 0.538. The second-order valence-electron chi connectivity index (χ2n) is 4.93. The summed E-state index contributed by atoms with van der Waals surface area (Å²) in [5, 5.41) is 3.08. The van der Waals surface area contributed by atoms with E-state index in [-0.39, 0.29) is 0 Å². The highest BCUT2D eigenvalue weighted by Gasteiger charge is 2.09. The molecule has 84 valence electrons. The van der Waals surface area contributed by atoms with Crippen molar-refractivity contribution in [3.63, 3.8) is 0 Å². The van der Waals surface area contributed by atoms with Gasteiger partial charge in [-0.15, -0.1) is 0 Å². The zero-order chi connectivity index (χ0) is 11.3. The molecular weight excluding hydrogens is 186 g/mol. The molecule has 1 rings (SSSR count). The van der Waals surface area contributed by atoms with Crippen LogP contribution in [0.4, 0.5) is 5.69 Å². The quantitative estimate of drug-likeness (QED) is 0.815. The molecule has 0 bridgehead atoms. The smallest absolute Gasteiger partial charge is 0.119 e. The number of benzene rings is 1. The zero-order valence-corrected chi connectivity index (χ0v) is 10.1. The van der Waals surface area contributed by atoms with Crippen molar-refractivity contribution in [1.82, 2.24) is 0 Å². The van der Waals surface area contributed by atoms with Gasteiger partial charge in [-0.1, -0.05) is 20.8 Å². The van der Waals surface area contributed by atoms with Crippen LogP contribution >= 0.6 is 0 Å². The summed E-state index contributed by atoms with van der Waals surface area (Å²) >= 11 is 0. The van der Waals surface area contributed by atoms with Gasteiger partial charge in [0.25, 0.3) is 0 Å². The Morgan fingerprint density at radius 1 is 1.13 bits per heavy atom. The predicted octanol–water partition coefficient (Wildman–Crippen LogP) is 3.54. The molecule has 0 aliphatic carbocycles. The Morgan fingerprint density at radius 2 is 1.73 bits per heavy atom. The lowest BCUT2D eigenvalue weighted by Gasteiger charge is -2.18. The normalized spacial score (nSPS) is 11.2. The van der Waals surface area contributed by atoms with Crippen LogP contribution in [0.25, 0.3) is 0 Å². The minimum absolute atomic E-state index is 0.338. The number of hydrogen-bond acceptors (Lipinski definition) is 2. The molecule has 1 aromatic carbocycles. The fourth-order valence-corrected chi connectivity index (χ4v) is 1.19. The third-order valence-corrected chi connectivity index (χ3v) is 2.26. The highest BCUT2D eigenvalue weighted by atomic mass is 16.5. The predicted molar refractivity (Wildman–Crippen MR) is 65.6 cm³/mol. The number of rotatable bonds is 4. The summed E-state index contributed by atoms with van der Waals surface area (Å²) in [7, 11) is 1.91. The molecule has 0 heterocycles. The van der Waals surface area contributed by atoms with E-state index >= 15 is 0 Å². The Balaban J connectivity index is 2.38. The molecule has 0 aromatic heterocycles. The van der Waals surface area contributed by atoms with E-state index in [0.717, 1.165) is 24.5 Å². The van der Waals surface area contributed by atoms with Crippen molar-refractivity contribution < 1.29 is 4.74 Å². The molecule has 0 spiro atoms. The molecule has 0 saturated carbocycles. The van der Waals surface area contributed by atoms with Gasteiger partial charge in [-0.2, -0.15) is 0 Å². The molecule has 0 fully saturated rings. The summed E-state index contributed by atoms with van der Waals surface area (Å²) in [6.45, 7) is 7.45. The molecule has 1 N–H and O–H groups in total. The number of ether oxygens (including phenoxy) is 1. The van der Waals surface area contributed by atoms with Crippen LogP contribution < -0.4 is 10.1 Å². The molecule has 0 saturated heterocycles. The average Bonchev–Trinajstić information content (AvgIpc) is 2.17. The van der Waals surface area contributed by atoms with Crippen LogP contribution in [-0.2, 0) is 0 Å². The van der Waals surface area contributed by atoms with Crippen LogP contribution in [-0.4, -0.2) is 13.7 Å². The van der Waals surface area contributed by atoms with E-state index in [1.807, 2.05) is 31.3 Å². The Labute approximate surface area is 92.6 Å². The topological polar surface area (TPSA) is 21.3 Å². The first-order valence-electron chi connectivity index (χ1n) is 5.42. The van der Waals surface area contributed by atoms with Crippen LogP contribution in [0.5, 0.6) is 5.75 Å². The van der Waals surface area contributed by atoms with Gasteiger partial charge < -0.3 is 10.1 Å². The lowest BCUT2D eigenvalue weighted by molar-refractivity contribution is 0.243. The van der Waals surface area contributed by atoms with Crippen molar-refractivity contribution in [2.45, 2.75) is 27.2 Å². The maximum Gasteiger partial charge on any atom is 0.119 e. The summed E-state index contributed by atoms with van der Waals surface area (Å²) in [6, 6.07) is 8.03. The third-order valence-electron chi connectivity index (χ3n) is 2.26. The van der Waals surface area contributed by atoms with Crippen molar-refractivity contribution in [3.05, 3.63) is 24.3 Å². The molecule has 2 nitrogen and oxygen atoms in total. The first kappa shape index (κ1) is 11.9. The van der Waals surface area contributed by atoms with Crippen LogP contribution in [0.1, 0.15) is 27.2 Å². The van der Waals surface area contributed by atoms with E-state index in [0.29, 0.717) is 5.41 Å². The van der Waals surface area contributed by atoms with E-state index < -0.39 is 0 Å². The molecule has 0 aliphatic rings. The average molecular weight is 207 g/mol. The van der Waals surface area contributed by atoms with E-state index in [1.54, 1.807) is 0 Å². The van der Waals surface area contributed by atoms with Crippen molar-refractivity contribution in [3.8, 4) is 5.75 Å². The molecule has 0 aliphatic heterocycles. The first-order valence-corrected chi connectivity index (χ1v) is 5.42. The number of nitrogens with one attached hydrogen (secondary N) is 1. The van der Waals surface area contributed by atoms with Gasteiger partial charge in [-0.3, -0.25) is 0 Å². The van der Waals surface area contributed by atoms with Gasteiger partial charge in [0.2, 0.25) is 0 Å². The van der Waals surface area contributed by atoms with Gasteiger partial charge in [0.15, 0.2) is 0 Å². The second kappa shape index (κ2) is 5.06. The lowest BCUT2D eigenvalue weighted by Crippen LogP contribution is -2.11. The second-order valence-corrected chi connectivity index (χ2v) is 4.93. The van der Waals surface area contributed by atoms with Gasteiger partial charge in [-0.25, -0.2) is 0 Å². The standard InChI is InChI=1S/C13H21NO/c1-13(2,3)9-10-15-12-7-5-11(14-4)6-8-12/h5-8,14H,9-10H2,1-4H3. The van der Waals surface area contributed by atoms with E-state index in [4.69, 9.17) is 4.74 Å². The fourth-order valence-electron chi connectivity index (χ4n) is 1.19. The Hall–Kier alpha value is -1.18. The summed E-state index contributed by atoms with van der Waals surface area (Å²) in [4.78, 5) is 0. The largest absolute Gasteiger partial charge is 0.494 e. The molecule has 2 heteroatoms. The van der Waals surface area contributed by atoms with Crippen molar-refractivity contribution in [2.75, 3.05) is 19.0 Å². The van der Waals surface area contributed by atoms with Gasteiger partial charge in [0.05, 0.1) is 6.61 Å². The van der Waals surface area contributed by atoms with Gasteiger partial charge in [-0.05, 0) is 36.1 Å². The molecular formula is C13H21NO. The Morgan fingerprint density at radius 3 is 2.20 bits per heavy atom. The maximum absolute atomic E-state index is 5.65. The van der Waals surface area contributed by atoms with E-state index in [2.05, 4.69) is 26.1 Å². The summed E-state index contributed by atoms with van der Waals surface area (Å²) in [5.41, 5.74) is 1.45. The van der Waals surface area contributed by atoms with Crippen LogP contribution in [0.15, 0.2) is 24.3 Å². The summed E-state index contributed by atoms with van der Waals surface area (Å²) in [6.07, 6.45) is 1.07. The Kier molecular flexibility index (Phi) is 4.01. The maximum atomic E-state index is 5.65. The summed E-state index contributed by atoms with van der Waals surface area (Å²) < 4.78 is 5.65. The van der Waals surface area contributed by atoms with Crippen molar-refractivity contribution in [2.24, 2.45) is 5.41 Å². The van der Waals surface area contributed by atoms with Gasteiger partial charge >= 0.3 is 0 Å². The van der Waals surface area contributed by atoms with E-state index in [9.17, 15) is 0 Å². The van der Waals surface area contributed by atoms with Gasteiger partial charge in [0.1, 0.15) is 5.75 Å². The molecule has 0 atom stereocenters. The summed E-state index contributed by atoms with van der Waals surface area (Å²) in [5.74, 6) is 0.943. The molecule has 1 aromatic rings. The lowest BCUT2D eigenvalue weighted by atomic mass is 9.93. The molecule has 15 heavy (non-hydrogen) atoms. The molecule has 0 radical (unpaired) electrons. The molecule has 0 amide bonds. The highest BCUT2D eigenvalue weighted by molar-refractivity contribution is 5.45. The minimum atomic E-state index is 0.338. The highest BCUT2D eigenvalue weighted by Crippen LogP contribution is 2.20.